The smallest absolute Gasteiger partial charge is 0.106 e. The van der Waals surface area contributed by atoms with Crippen molar-refractivity contribution in [1.82, 2.24) is 0 Å². The van der Waals surface area contributed by atoms with Gasteiger partial charge in [-0.1, -0.05) is 23.8 Å². The third-order valence-corrected chi connectivity index (χ3v) is 3.53. The van der Waals surface area contributed by atoms with Gasteiger partial charge in [0.15, 0.2) is 0 Å². The van der Waals surface area contributed by atoms with Crippen molar-refractivity contribution in [3.8, 4) is 0 Å². The molecule has 1 unspecified atom stereocenters. The molecule has 1 heterocycles. The molecule has 17 heavy (non-hydrogen) atoms. The standard InChI is InChI=1S/C13H18N2OS/c1-9-4-5-12(11(7-9)13(14)17)15-6-2-3-10(15)8-16/h4-5,7,10,16H,2-3,6,8H2,1H3,(H2,14,17). The van der Waals surface area contributed by atoms with Crippen LogP contribution in [0.2, 0.25) is 0 Å². The molecular formula is C13H18N2OS. The number of hydrogen-bond acceptors (Lipinski definition) is 3. The van der Waals surface area contributed by atoms with Crippen LogP contribution < -0.4 is 10.6 Å². The first-order chi connectivity index (χ1) is 8.13. The summed E-state index contributed by atoms with van der Waals surface area (Å²) >= 11 is 5.11. The van der Waals surface area contributed by atoms with Crippen LogP contribution in [0.4, 0.5) is 5.69 Å². The molecule has 1 saturated heterocycles. The molecule has 0 aliphatic carbocycles. The van der Waals surface area contributed by atoms with Crippen molar-refractivity contribution in [2.75, 3.05) is 18.1 Å². The number of nitrogens with two attached hydrogens (primary N) is 1. The molecule has 1 aromatic rings. The Balaban J connectivity index is 2.40. The van der Waals surface area contributed by atoms with Crippen LogP contribution in [-0.2, 0) is 0 Å². The van der Waals surface area contributed by atoms with Crippen LogP contribution in [0.1, 0.15) is 24.0 Å². The lowest BCUT2D eigenvalue weighted by molar-refractivity contribution is 0.266. The Morgan fingerprint density at radius 3 is 3.00 bits per heavy atom. The van der Waals surface area contributed by atoms with Gasteiger partial charge in [0.25, 0.3) is 0 Å². The summed E-state index contributed by atoms with van der Waals surface area (Å²) in [7, 11) is 0. The molecule has 0 saturated carbocycles. The van der Waals surface area contributed by atoms with E-state index in [1.165, 1.54) is 0 Å². The summed E-state index contributed by atoms with van der Waals surface area (Å²) in [6.45, 7) is 3.17. The number of thiocarbonyl (C=S) groups is 1. The van der Waals surface area contributed by atoms with Crippen LogP contribution in [0.5, 0.6) is 0 Å². The fourth-order valence-corrected chi connectivity index (χ4v) is 2.60. The molecule has 4 heteroatoms. The van der Waals surface area contributed by atoms with Crippen LogP contribution in [0.15, 0.2) is 18.2 Å². The van der Waals surface area contributed by atoms with E-state index in [1.807, 2.05) is 13.0 Å². The van der Waals surface area contributed by atoms with E-state index in [1.54, 1.807) is 0 Å². The summed E-state index contributed by atoms with van der Waals surface area (Å²) in [5.74, 6) is 0. The van der Waals surface area contributed by atoms with Crippen LogP contribution in [0.25, 0.3) is 0 Å². The highest BCUT2D eigenvalue weighted by Gasteiger charge is 2.26. The van der Waals surface area contributed by atoms with Crippen LogP contribution in [-0.4, -0.2) is 29.3 Å². The predicted molar refractivity (Wildman–Crippen MR) is 74.5 cm³/mol. The Kier molecular flexibility index (Phi) is 3.64. The lowest BCUT2D eigenvalue weighted by Gasteiger charge is -2.27. The normalized spacial score (nSPS) is 19.6. The van der Waals surface area contributed by atoms with E-state index in [-0.39, 0.29) is 12.6 Å². The van der Waals surface area contributed by atoms with E-state index < -0.39 is 0 Å². The van der Waals surface area contributed by atoms with Crippen LogP contribution in [0.3, 0.4) is 0 Å². The molecule has 2 rings (SSSR count). The summed E-state index contributed by atoms with van der Waals surface area (Å²) in [5.41, 5.74) is 8.90. The van der Waals surface area contributed by atoms with Crippen molar-refractivity contribution >= 4 is 22.9 Å². The van der Waals surface area contributed by atoms with E-state index in [2.05, 4.69) is 17.0 Å². The van der Waals surface area contributed by atoms with Crippen LogP contribution >= 0.6 is 12.2 Å². The third kappa shape index (κ3) is 2.42. The van der Waals surface area contributed by atoms with Gasteiger partial charge in [-0.2, -0.15) is 0 Å². The van der Waals surface area contributed by atoms with Gasteiger partial charge in [0.2, 0.25) is 0 Å². The van der Waals surface area contributed by atoms with Crippen molar-refractivity contribution in [2.24, 2.45) is 5.73 Å². The molecule has 0 radical (unpaired) electrons. The number of rotatable bonds is 3. The maximum absolute atomic E-state index is 9.38. The van der Waals surface area contributed by atoms with E-state index in [0.717, 1.165) is 36.2 Å². The zero-order valence-electron chi connectivity index (χ0n) is 10.0. The van der Waals surface area contributed by atoms with E-state index in [0.29, 0.717) is 4.99 Å². The Bertz CT molecular complexity index is 433. The van der Waals surface area contributed by atoms with E-state index in [4.69, 9.17) is 18.0 Å². The minimum Gasteiger partial charge on any atom is -0.394 e. The molecule has 1 fully saturated rings. The molecule has 1 atom stereocenters. The molecule has 1 aromatic carbocycles. The average Bonchev–Trinajstić information content (AvgIpc) is 2.76. The largest absolute Gasteiger partial charge is 0.394 e. The number of hydrogen-bond donors (Lipinski definition) is 2. The SMILES string of the molecule is Cc1ccc(N2CCCC2CO)c(C(N)=S)c1. The summed E-state index contributed by atoms with van der Waals surface area (Å²) in [6.07, 6.45) is 2.14. The quantitative estimate of drug-likeness (QED) is 0.800. The number of anilines is 1. The maximum Gasteiger partial charge on any atom is 0.106 e. The number of aliphatic hydroxyl groups excluding tert-OH is 1. The summed E-state index contributed by atoms with van der Waals surface area (Å²) in [4.78, 5) is 2.64. The minimum atomic E-state index is 0.185. The first-order valence-corrected chi connectivity index (χ1v) is 6.32. The molecule has 0 aromatic heterocycles. The second kappa shape index (κ2) is 5.02. The lowest BCUT2D eigenvalue weighted by atomic mass is 10.1. The van der Waals surface area contributed by atoms with Crippen LogP contribution in [0, 0.1) is 6.92 Å². The molecular weight excluding hydrogens is 232 g/mol. The van der Waals surface area contributed by atoms with Gasteiger partial charge in [-0.05, 0) is 31.9 Å². The van der Waals surface area contributed by atoms with E-state index in [9.17, 15) is 5.11 Å². The van der Waals surface area contributed by atoms with Gasteiger partial charge in [-0.15, -0.1) is 0 Å². The second-order valence-corrected chi connectivity index (χ2v) is 5.00. The van der Waals surface area contributed by atoms with Crippen molar-refractivity contribution in [3.05, 3.63) is 29.3 Å². The zero-order chi connectivity index (χ0) is 12.4. The molecule has 0 amide bonds. The molecule has 0 spiro atoms. The molecule has 3 nitrogen and oxygen atoms in total. The highest BCUT2D eigenvalue weighted by Crippen LogP contribution is 2.29. The van der Waals surface area contributed by atoms with Crippen molar-refractivity contribution in [3.63, 3.8) is 0 Å². The lowest BCUT2D eigenvalue weighted by Crippen LogP contribution is -2.33. The van der Waals surface area contributed by atoms with Gasteiger partial charge >= 0.3 is 0 Å². The first-order valence-electron chi connectivity index (χ1n) is 5.91. The van der Waals surface area contributed by atoms with Crippen molar-refractivity contribution in [1.29, 1.82) is 0 Å². The monoisotopic (exact) mass is 250 g/mol. The maximum atomic E-state index is 9.38. The Labute approximate surface area is 107 Å². The van der Waals surface area contributed by atoms with Crippen molar-refractivity contribution < 1.29 is 5.11 Å². The third-order valence-electron chi connectivity index (χ3n) is 3.31. The minimum absolute atomic E-state index is 0.185. The number of aliphatic hydroxyl groups is 1. The second-order valence-electron chi connectivity index (χ2n) is 4.56. The van der Waals surface area contributed by atoms with Gasteiger partial charge in [-0.25, -0.2) is 0 Å². The predicted octanol–water partition coefficient (Wildman–Crippen LogP) is 1.59. The fraction of sp³-hybridized carbons (Fsp3) is 0.462. The van der Waals surface area contributed by atoms with Gasteiger partial charge in [-0.3, -0.25) is 0 Å². The van der Waals surface area contributed by atoms with E-state index >= 15 is 0 Å². The van der Waals surface area contributed by atoms with Gasteiger partial charge in [0.1, 0.15) is 4.99 Å². The Morgan fingerprint density at radius 1 is 1.59 bits per heavy atom. The molecule has 0 bridgehead atoms. The molecule has 3 N–H and O–H groups in total. The van der Waals surface area contributed by atoms with Gasteiger partial charge in [0, 0.05) is 17.8 Å². The number of aryl methyl sites for hydroxylation is 1. The number of nitrogens with zero attached hydrogens (tertiary/aromatic N) is 1. The fourth-order valence-electron chi connectivity index (χ4n) is 2.44. The highest BCUT2D eigenvalue weighted by molar-refractivity contribution is 7.80. The average molecular weight is 250 g/mol. The first kappa shape index (κ1) is 12.3. The highest BCUT2D eigenvalue weighted by atomic mass is 32.1. The zero-order valence-corrected chi connectivity index (χ0v) is 10.8. The Hall–Kier alpha value is -1.13. The summed E-state index contributed by atoms with van der Waals surface area (Å²) < 4.78 is 0. The Morgan fingerprint density at radius 2 is 2.35 bits per heavy atom. The summed E-state index contributed by atoms with van der Waals surface area (Å²) in [5, 5.41) is 9.38. The molecule has 92 valence electrons. The topological polar surface area (TPSA) is 49.5 Å². The van der Waals surface area contributed by atoms with Crippen molar-refractivity contribution in [2.45, 2.75) is 25.8 Å². The number of benzene rings is 1. The van der Waals surface area contributed by atoms with Gasteiger partial charge in [0.05, 0.1) is 12.6 Å². The molecule has 1 aliphatic rings. The summed E-state index contributed by atoms with van der Waals surface area (Å²) in [6, 6.07) is 6.33. The van der Waals surface area contributed by atoms with Gasteiger partial charge < -0.3 is 15.7 Å². The molecule has 1 aliphatic heterocycles.